The summed E-state index contributed by atoms with van der Waals surface area (Å²) in [5.41, 5.74) is 5.52. The molecule has 4 aromatic rings. The van der Waals surface area contributed by atoms with Gasteiger partial charge in [0.1, 0.15) is 24.1 Å². The highest BCUT2D eigenvalue weighted by molar-refractivity contribution is 6.02. The van der Waals surface area contributed by atoms with Gasteiger partial charge in [-0.25, -0.2) is 9.78 Å². The summed E-state index contributed by atoms with van der Waals surface area (Å²) in [6, 6.07) is 10.6. The molecule has 0 radical (unpaired) electrons. The number of aliphatic carboxylic acids is 1. The van der Waals surface area contributed by atoms with Crippen LogP contribution in [0.25, 0.3) is 22.2 Å². The first-order valence-electron chi connectivity index (χ1n) is 13.5. The van der Waals surface area contributed by atoms with Gasteiger partial charge in [-0.1, -0.05) is 25.3 Å². The summed E-state index contributed by atoms with van der Waals surface area (Å²) < 4.78 is 13.9. The third-order valence-electron chi connectivity index (χ3n) is 7.98. The average Bonchev–Trinajstić information content (AvgIpc) is 3.54. The molecule has 39 heavy (non-hydrogen) atoms. The quantitative estimate of drug-likeness (QED) is 0.314. The topological polar surface area (TPSA) is 118 Å². The number of aromatic amines is 1. The van der Waals surface area contributed by atoms with Crippen molar-refractivity contribution in [2.45, 2.75) is 57.0 Å². The van der Waals surface area contributed by atoms with E-state index in [2.05, 4.69) is 25.9 Å². The molecule has 9 heteroatoms. The fraction of sp³-hybridized carbons (Fsp3) is 0.367. The normalized spacial score (nSPS) is 16.0. The van der Waals surface area contributed by atoms with Gasteiger partial charge in [-0.2, -0.15) is 0 Å². The molecular formula is C30H32N4O5. The maximum Gasteiger partial charge on any atom is 0.326 e. The lowest BCUT2D eigenvalue weighted by molar-refractivity contribution is -0.139. The molecule has 1 aliphatic heterocycles. The number of carbonyl (C=O) groups excluding carboxylic acids is 1. The molecule has 3 N–H and O–H groups in total. The van der Waals surface area contributed by atoms with Crippen molar-refractivity contribution in [1.82, 2.24) is 19.9 Å². The first-order chi connectivity index (χ1) is 19.0. The van der Waals surface area contributed by atoms with Gasteiger partial charge < -0.3 is 29.4 Å². The number of methoxy groups -OCH3 is 1. The van der Waals surface area contributed by atoms with Crippen molar-refractivity contribution in [2.24, 2.45) is 0 Å². The van der Waals surface area contributed by atoms with Crippen LogP contribution < -0.4 is 14.8 Å². The Labute approximate surface area is 226 Å². The lowest BCUT2D eigenvalue weighted by atomic mass is 9.81. The highest BCUT2D eigenvalue weighted by Gasteiger charge is 2.30. The smallest absolute Gasteiger partial charge is 0.326 e. The predicted octanol–water partition coefficient (Wildman–Crippen LogP) is 4.91. The molecular weight excluding hydrogens is 496 g/mol. The molecule has 0 spiro atoms. The third-order valence-corrected chi connectivity index (χ3v) is 7.98. The van der Waals surface area contributed by atoms with E-state index in [1.807, 2.05) is 30.3 Å². The zero-order chi connectivity index (χ0) is 26.9. The van der Waals surface area contributed by atoms with E-state index >= 15 is 0 Å². The van der Waals surface area contributed by atoms with Crippen LogP contribution in [0, 0.1) is 0 Å². The summed E-state index contributed by atoms with van der Waals surface area (Å²) >= 11 is 0. The number of imidazole rings is 1. The van der Waals surface area contributed by atoms with Gasteiger partial charge in [-0.05, 0) is 48.6 Å². The van der Waals surface area contributed by atoms with Crippen molar-refractivity contribution in [3.8, 4) is 22.8 Å². The molecule has 1 saturated carbocycles. The first-order valence-corrected chi connectivity index (χ1v) is 13.5. The van der Waals surface area contributed by atoms with Crippen LogP contribution in [0.2, 0.25) is 0 Å². The molecule has 1 amide bonds. The summed E-state index contributed by atoms with van der Waals surface area (Å²) in [5.74, 6) is 0.456. The molecule has 0 bridgehead atoms. The summed E-state index contributed by atoms with van der Waals surface area (Å²) in [7, 11) is 1.65. The minimum atomic E-state index is -1.10. The second-order valence-corrected chi connectivity index (χ2v) is 10.3. The molecule has 0 saturated heterocycles. The van der Waals surface area contributed by atoms with Gasteiger partial charge in [-0.15, -0.1) is 0 Å². The second-order valence-electron chi connectivity index (χ2n) is 10.3. The number of carboxylic acids is 1. The van der Waals surface area contributed by atoms with Gasteiger partial charge >= 0.3 is 5.97 Å². The van der Waals surface area contributed by atoms with Gasteiger partial charge in [-0.3, -0.25) is 4.79 Å². The van der Waals surface area contributed by atoms with Crippen molar-refractivity contribution >= 4 is 22.8 Å². The number of amides is 1. The number of hydrogen-bond acceptors (Lipinski definition) is 5. The average molecular weight is 529 g/mol. The fourth-order valence-corrected chi connectivity index (χ4v) is 6.09. The van der Waals surface area contributed by atoms with E-state index in [9.17, 15) is 14.7 Å². The van der Waals surface area contributed by atoms with E-state index < -0.39 is 17.9 Å². The molecule has 3 heterocycles. The minimum Gasteiger partial charge on any atom is -0.497 e. The number of hydrogen-bond donors (Lipinski definition) is 3. The Morgan fingerprint density at radius 3 is 2.79 bits per heavy atom. The number of fused-ring (bicyclic) bond motifs is 5. The van der Waals surface area contributed by atoms with E-state index in [0.717, 1.165) is 46.5 Å². The first kappa shape index (κ1) is 25.0. The number of ether oxygens (including phenoxy) is 2. The number of aromatic nitrogens is 3. The molecule has 202 valence electrons. The predicted molar refractivity (Wildman–Crippen MR) is 146 cm³/mol. The summed E-state index contributed by atoms with van der Waals surface area (Å²) in [6.07, 6.45) is 9.11. The van der Waals surface area contributed by atoms with Crippen LogP contribution in [0.1, 0.15) is 59.6 Å². The summed E-state index contributed by atoms with van der Waals surface area (Å²) in [4.78, 5) is 32.0. The lowest BCUT2D eigenvalue weighted by Crippen LogP contribution is -2.42. The molecule has 1 fully saturated rings. The number of benzene rings is 2. The molecule has 2 aromatic heterocycles. The van der Waals surface area contributed by atoms with Crippen LogP contribution in [0.3, 0.4) is 0 Å². The summed E-state index contributed by atoms with van der Waals surface area (Å²) in [5, 5.41) is 13.6. The molecule has 1 aliphatic carbocycles. The van der Waals surface area contributed by atoms with Gasteiger partial charge in [0.15, 0.2) is 0 Å². The van der Waals surface area contributed by atoms with Crippen LogP contribution in [0.5, 0.6) is 11.5 Å². The largest absolute Gasteiger partial charge is 0.497 e. The Balaban J connectivity index is 1.43. The van der Waals surface area contributed by atoms with E-state index in [0.29, 0.717) is 30.3 Å². The Bertz CT molecular complexity index is 1520. The highest BCUT2D eigenvalue weighted by atomic mass is 16.5. The number of carboxylic acid groups (broad SMARTS) is 1. The van der Waals surface area contributed by atoms with Crippen molar-refractivity contribution in [1.29, 1.82) is 0 Å². The zero-order valence-electron chi connectivity index (χ0n) is 21.9. The second kappa shape index (κ2) is 10.5. The van der Waals surface area contributed by atoms with E-state index in [4.69, 9.17) is 9.47 Å². The fourth-order valence-electron chi connectivity index (χ4n) is 6.09. The maximum absolute atomic E-state index is 13.3. The van der Waals surface area contributed by atoms with Gasteiger partial charge in [0.2, 0.25) is 0 Å². The molecule has 1 atom stereocenters. The Morgan fingerprint density at radius 2 is 2.05 bits per heavy atom. The number of H-pyrrole nitrogens is 1. The number of nitrogens with one attached hydrogen (secondary N) is 2. The summed E-state index contributed by atoms with van der Waals surface area (Å²) in [6.45, 7) is 1.13. The van der Waals surface area contributed by atoms with Crippen LogP contribution >= 0.6 is 0 Å². The van der Waals surface area contributed by atoms with Gasteiger partial charge in [0, 0.05) is 46.4 Å². The van der Waals surface area contributed by atoms with Crippen molar-refractivity contribution in [2.75, 3.05) is 13.7 Å². The Kier molecular flexibility index (Phi) is 6.72. The minimum absolute atomic E-state index is 0.118. The van der Waals surface area contributed by atoms with Crippen LogP contribution in [0.4, 0.5) is 0 Å². The van der Waals surface area contributed by atoms with Gasteiger partial charge in [0.25, 0.3) is 5.91 Å². The zero-order valence-corrected chi connectivity index (χ0v) is 21.9. The van der Waals surface area contributed by atoms with E-state index in [1.165, 1.54) is 31.2 Å². The molecule has 9 nitrogen and oxygen atoms in total. The van der Waals surface area contributed by atoms with Crippen molar-refractivity contribution < 1.29 is 24.2 Å². The Hall–Kier alpha value is -4.27. The maximum atomic E-state index is 13.3. The van der Waals surface area contributed by atoms with Crippen LogP contribution in [0.15, 0.2) is 48.9 Å². The van der Waals surface area contributed by atoms with Gasteiger partial charge in [0.05, 0.1) is 25.7 Å². The third kappa shape index (κ3) is 4.73. The monoisotopic (exact) mass is 528 g/mol. The van der Waals surface area contributed by atoms with E-state index in [-0.39, 0.29) is 6.42 Å². The Morgan fingerprint density at radius 1 is 1.21 bits per heavy atom. The highest BCUT2D eigenvalue weighted by Crippen LogP contribution is 2.47. The van der Waals surface area contributed by atoms with Crippen molar-refractivity contribution in [3.05, 3.63) is 65.7 Å². The lowest BCUT2D eigenvalue weighted by Gasteiger charge is -2.23. The SMILES string of the molecule is COc1ccc2c(c1)OCCn1c-2c(C2CCCCC2)c2ccc(C(=O)N[C@@H](Cc3cnc[nH]3)C(=O)O)cc21. The molecule has 6 rings (SSSR count). The van der Waals surface area contributed by atoms with E-state index in [1.54, 1.807) is 13.3 Å². The molecule has 2 aliphatic rings. The standard InChI is InChI=1S/C30H32N4O5/c1-38-21-8-10-23-26(15-21)39-12-11-34-25-13-19(29(35)33-24(30(36)37)14-20-16-31-17-32-20)7-9-22(25)27(28(23)34)18-5-3-2-4-6-18/h7-10,13,15-18,24H,2-6,11-12,14H2,1H3,(H,31,32)(H,33,35)(H,36,37)/t24-/m0/s1. The van der Waals surface area contributed by atoms with Crippen LogP contribution in [-0.2, 0) is 17.8 Å². The number of carbonyl (C=O) groups is 2. The van der Waals surface area contributed by atoms with Crippen molar-refractivity contribution in [3.63, 3.8) is 0 Å². The molecule has 0 unspecified atom stereocenters. The number of rotatable bonds is 7. The van der Waals surface area contributed by atoms with Crippen LogP contribution in [-0.4, -0.2) is 51.3 Å². The molecule has 2 aromatic carbocycles. The number of nitrogens with zero attached hydrogens (tertiary/aromatic N) is 2.